The number of rotatable bonds is 10. The predicted molar refractivity (Wildman–Crippen MR) is 134 cm³/mol. The van der Waals surface area contributed by atoms with Gasteiger partial charge in [-0.2, -0.15) is 0 Å². The summed E-state index contributed by atoms with van der Waals surface area (Å²) < 4.78 is 37.9. The molecule has 4 heterocycles. The van der Waals surface area contributed by atoms with Crippen molar-refractivity contribution < 1.29 is 23.4 Å². The topological polar surface area (TPSA) is 128 Å². The van der Waals surface area contributed by atoms with Crippen molar-refractivity contribution in [2.45, 2.75) is 58.6 Å². The van der Waals surface area contributed by atoms with Crippen LogP contribution in [0, 0.1) is 5.92 Å². The van der Waals surface area contributed by atoms with Crippen LogP contribution in [-0.2, 0) is 31.4 Å². The van der Waals surface area contributed by atoms with Crippen molar-refractivity contribution in [3.8, 4) is 17.3 Å². The Hall–Kier alpha value is -3.90. The Morgan fingerprint density at radius 1 is 1.26 bits per heavy atom. The number of hydrogen-bond acceptors (Lipinski definition) is 8. The van der Waals surface area contributed by atoms with Gasteiger partial charge in [0.2, 0.25) is 5.43 Å². The molecule has 13 heteroatoms. The largest absolute Gasteiger partial charge is 0.481 e. The van der Waals surface area contributed by atoms with E-state index in [0.717, 1.165) is 6.42 Å². The Balaban J connectivity index is 1.59. The molecule has 0 amide bonds. The molecule has 11 nitrogen and oxygen atoms in total. The second-order valence-corrected chi connectivity index (χ2v) is 9.47. The van der Waals surface area contributed by atoms with E-state index < -0.39 is 30.8 Å². The first-order valence-corrected chi connectivity index (χ1v) is 12.5. The third kappa shape index (κ3) is 6.14. The van der Waals surface area contributed by atoms with Crippen molar-refractivity contribution in [2.75, 3.05) is 18.0 Å². The van der Waals surface area contributed by atoms with Crippen LogP contribution >= 0.6 is 0 Å². The molecule has 4 rings (SSSR count). The van der Waals surface area contributed by atoms with Crippen LogP contribution in [0.4, 0.5) is 14.5 Å². The van der Waals surface area contributed by atoms with Gasteiger partial charge in [-0.15, -0.1) is 10.2 Å². The monoisotopic (exact) mass is 531 g/mol. The number of aromatic nitrogens is 6. The van der Waals surface area contributed by atoms with E-state index in [1.54, 1.807) is 30.1 Å². The van der Waals surface area contributed by atoms with Crippen LogP contribution in [0.1, 0.15) is 44.5 Å². The van der Waals surface area contributed by atoms with Crippen molar-refractivity contribution in [3.63, 3.8) is 0 Å². The summed E-state index contributed by atoms with van der Waals surface area (Å²) in [7, 11) is 1.69. The average molecular weight is 532 g/mol. The van der Waals surface area contributed by atoms with Crippen LogP contribution in [-0.4, -0.2) is 59.8 Å². The molecular weight excluding hydrogens is 500 g/mol. The van der Waals surface area contributed by atoms with Crippen LogP contribution in [0.15, 0.2) is 29.2 Å². The second kappa shape index (κ2) is 11.2. The summed E-state index contributed by atoms with van der Waals surface area (Å²) in [6.45, 7) is 4.20. The zero-order valence-corrected chi connectivity index (χ0v) is 21.6. The molecule has 204 valence electrons. The standard InChI is InChI=1S/C25H31F2N7O4/c1-4-9-34-10-8-21(35)24(30-34)38-14-20-23(29-31-32(20)3)18-6-7-19(17(5-2)28-18)33-13-16(11-22(36)37)12-25(26,27)15-33/h6-8,10,16H,4-5,9,11-15H2,1-3H3,(H,36,37)/t16-/m0/s1. The summed E-state index contributed by atoms with van der Waals surface area (Å²) >= 11 is 0. The quantitative estimate of drug-likeness (QED) is 0.420. The van der Waals surface area contributed by atoms with Gasteiger partial charge in [-0.25, -0.2) is 18.4 Å². The third-order valence-electron chi connectivity index (χ3n) is 6.39. The van der Waals surface area contributed by atoms with Gasteiger partial charge in [0.1, 0.15) is 18.0 Å². The molecule has 3 aromatic heterocycles. The number of alkyl halides is 2. The maximum Gasteiger partial charge on any atom is 0.303 e. The first-order chi connectivity index (χ1) is 18.1. The molecule has 0 bridgehead atoms. The maximum absolute atomic E-state index is 14.5. The van der Waals surface area contributed by atoms with Crippen molar-refractivity contribution >= 4 is 11.7 Å². The van der Waals surface area contributed by atoms with E-state index in [0.29, 0.717) is 41.4 Å². The number of ether oxygens (including phenoxy) is 1. The minimum atomic E-state index is -3.00. The van der Waals surface area contributed by atoms with E-state index in [2.05, 4.69) is 15.4 Å². The predicted octanol–water partition coefficient (Wildman–Crippen LogP) is 2.92. The lowest BCUT2D eigenvalue weighted by atomic mass is 9.91. The zero-order valence-electron chi connectivity index (χ0n) is 21.6. The van der Waals surface area contributed by atoms with Crippen LogP contribution < -0.4 is 15.1 Å². The number of halogens is 2. The van der Waals surface area contributed by atoms with Crippen molar-refractivity contribution in [2.24, 2.45) is 13.0 Å². The highest BCUT2D eigenvalue weighted by Gasteiger charge is 2.41. The molecule has 1 atom stereocenters. The van der Waals surface area contributed by atoms with Gasteiger partial charge in [-0.05, 0) is 30.9 Å². The number of piperidine rings is 1. The van der Waals surface area contributed by atoms with Crippen LogP contribution in [0.25, 0.3) is 11.4 Å². The second-order valence-electron chi connectivity index (χ2n) is 9.47. The van der Waals surface area contributed by atoms with E-state index >= 15 is 0 Å². The average Bonchev–Trinajstić information content (AvgIpc) is 3.22. The Morgan fingerprint density at radius 2 is 2.05 bits per heavy atom. The van der Waals surface area contributed by atoms with E-state index in [-0.39, 0.29) is 30.9 Å². The molecule has 0 spiro atoms. The number of hydrogen-bond donors (Lipinski definition) is 1. The van der Waals surface area contributed by atoms with Gasteiger partial charge >= 0.3 is 5.97 Å². The number of carboxylic acid groups (broad SMARTS) is 1. The lowest BCUT2D eigenvalue weighted by molar-refractivity contribution is -0.139. The molecule has 0 saturated carbocycles. The number of anilines is 1. The summed E-state index contributed by atoms with van der Waals surface area (Å²) in [5, 5.41) is 21.7. The van der Waals surface area contributed by atoms with E-state index in [1.165, 1.54) is 15.6 Å². The number of carboxylic acids is 1. The highest BCUT2D eigenvalue weighted by atomic mass is 19.3. The van der Waals surface area contributed by atoms with Gasteiger partial charge in [-0.1, -0.05) is 19.1 Å². The van der Waals surface area contributed by atoms with Gasteiger partial charge in [0.25, 0.3) is 11.8 Å². The molecule has 1 aliphatic rings. The smallest absolute Gasteiger partial charge is 0.303 e. The molecule has 1 saturated heterocycles. The van der Waals surface area contributed by atoms with E-state index in [4.69, 9.17) is 14.8 Å². The summed E-state index contributed by atoms with van der Waals surface area (Å²) in [5.41, 5.74) is 2.25. The SMILES string of the molecule is CCCn1ccc(=O)c(OCc2c(-c3ccc(N4C[C@@H](CC(=O)O)CC(F)(F)C4)c(CC)n3)nnn2C)n1. The summed E-state index contributed by atoms with van der Waals surface area (Å²) in [5.74, 6) is -4.80. The number of nitrogens with zero attached hydrogens (tertiary/aromatic N) is 7. The van der Waals surface area contributed by atoms with E-state index in [9.17, 15) is 18.4 Å². The molecule has 1 aliphatic heterocycles. The van der Waals surface area contributed by atoms with Gasteiger partial charge < -0.3 is 14.7 Å². The highest BCUT2D eigenvalue weighted by Crippen LogP contribution is 2.36. The molecule has 0 radical (unpaired) electrons. The number of carbonyl (C=O) groups is 1. The maximum atomic E-state index is 14.5. The molecule has 1 fully saturated rings. The number of aliphatic carboxylic acids is 1. The first kappa shape index (κ1) is 27.1. The van der Waals surface area contributed by atoms with Crippen molar-refractivity contribution in [3.05, 3.63) is 46.0 Å². The fourth-order valence-electron chi connectivity index (χ4n) is 4.70. The Bertz CT molecular complexity index is 1360. The number of pyridine rings is 1. The van der Waals surface area contributed by atoms with Crippen LogP contribution in [0.3, 0.4) is 0 Å². The normalized spacial score (nSPS) is 17.0. The third-order valence-corrected chi connectivity index (χ3v) is 6.39. The van der Waals surface area contributed by atoms with Crippen molar-refractivity contribution in [1.82, 2.24) is 29.8 Å². The van der Waals surface area contributed by atoms with Gasteiger partial charge in [0.15, 0.2) is 0 Å². The van der Waals surface area contributed by atoms with Crippen molar-refractivity contribution in [1.29, 1.82) is 0 Å². The number of aryl methyl sites for hydroxylation is 3. The molecule has 0 aliphatic carbocycles. The summed E-state index contributed by atoms with van der Waals surface area (Å²) in [6.07, 6.45) is 2.15. The first-order valence-electron chi connectivity index (χ1n) is 12.5. The minimum absolute atomic E-state index is 0.0304. The minimum Gasteiger partial charge on any atom is -0.481 e. The fraction of sp³-hybridized carbons (Fsp3) is 0.520. The lowest BCUT2D eigenvalue weighted by Crippen LogP contribution is -2.48. The fourth-order valence-corrected chi connectivity index (χ4v) is 4.70. The Labute approximate surface area is 218 Å². The Kier molecular flexibility index (Phi) is 8.02. The molecule has 0 aromatic carbocycles. The van der Waals surface area contributed by atoms with Gasteiger partial charge in [-0.3, -0.25) is 14.3 Å². The zero-order chi connectivity index (χ0) is 27.4. The molecule has 38 heavy (non-hydrogen) atoms. The summed E-state index contributed by atoms with van der Waals surface area (Å²) in [4.78, 5) is 29.6. The van der Waals surface area contributed by atoms with Crippen LogP contribution in [0.5, 0.6) is 5.88 Å². The molecule has 0 unspecified atom stereocenters. The molecule has 3 aromatic rings. The van der Waals surface area contributed by atoms with Gasteiger partial charge in [0, 0.05) is 38.8 Å². The molecular formula is C25H31F2N7O4. The van der Waals surface area contributed by atoms with Gasteiger partial charge in [0.05, 0.1) is 30.0 Å². The highest BCUT2D eigenvalue weighted by molar-refractivity contribution is 5.67. The summed E-state index contributed by atoms with van der Waals surface area (Å²) in [6, 6.07) is 4.79. The van der Waals surface area contributed by atoms with E-state index in [1.807, 2.05) is 13.8 Å². The van der Waals surface area contributed by atoms with Crippen LogP contribution in [0.2, 0.25) is 0 Å². The Morgan fingerprint density at radius 3 is 2.76 bits per heavy atom. The molecule has 1 N–H and O–H groups in total. The lowest BCUT2D eigenvalue weighted by Gasteiger charge is -2.39.